The third-order valence-electron chi connectivity index (χ3n) is 5.72. The van der Waals surface area contributed by atoms with Crippen molar-refractivity contribution in [2.75, 3.05) is 32.6 Å². The van der Waals surface area contributed by atoms with Crippen molar-refractivity contribution in [1.29, 1.82) is 0 Å². The van der Waals surface area contributed by atoms with E-state index < -0.39 is 11.1 Å². The van der Waals surface area contributed by atoms with Gasteiger partial charge in [0.1, 0.15) is 11.4 Å². The number of methoxy groups -OCH3 is 1. The van der Waals surface area contributed by atoms with Crippen LogP contribution < -0.4 is 11.1 Å². The van der Waals surface area contributed by atoms with Gasteiger partial charge < -0.3 is 25.2 Å². The van der Waals surface area contributed by atoms with Crippen molar-refractivity contribution in [2.45, 2.75) is 17.6 Å². The number of fused-ring (bicyclic) bond motifs is 1. The monoisotopic (exact) mass is 475 g/mol. The van der Waals surface area contributed by atoms with Gasteiger partial charge in [0, 0.05) is 31.5 Å². The molecule has 3 aromatic rings. The maximum Gasteiger partial charge on any atom is 0.742 e. The van der Waals surface area contributed by atoms with E-state index in [0.29, 0.717) is 30.0 Å². The molecule has 1 fully saturated rings. The number of aromatic nitrogens is 3. The van der Waals surface area contributed by atoms with E-state index in [0.717, 1.165) is 5.39 Å². The van der Waals surface area contributed by atoms with Gasteiger partial charge in [-0.05, 0) is 30.2 Å². The van der Waals surface area contributed by atoms with Crippen LogP contribution >= 0.6 is 0 Å². The van der Waals surface area contributed by atoms with E-state index in [4.69, 9.17) is 15.0 Å². The first-order valence-corrected chi connectivity index (χ1v) is 11.0. The maximum absolute atomic E-state index is 12.5. The Bertz CT molecular complexity index is 1340. The van der Waals surface area contributed by atoms with Crippen LogP contribution in [0, 0.1) is 11.8 Å². The Morgan fingerprint density at radius 2 is 2.26 bits per heavy atom. The number of hydrogen-bond donors (Lipinski definition) is 2. The number of nitrogens with zero attached hydrogens (tertiary/aromatic N) is 4. The predicted molar refractivity (Wildman–Crippen MR) is 126 cm³/mol. The molecule has 34 heavy (non-hydrogen) atoms. The highest BCUT2D eigenvalue weighted by Crippen LogP contribution is 2.35. The molecule has 0 saturated carbocycles. The van der Waals surface area contributed by atoms with Gasteiger partial charge in [0.2, 0.25) is 5.91 Å². The third kappa shape index (κ3) is 4.09. The van der Waals surface area contributed by atoms with Crippen LogP contribution in [0.5, 0.6) is 0 Å². The Labute approximate surface area is 199 Å². The van der Waals surface area contributed by atoms with Crippen LogP contribution in [0.15, 0.2) is 41.6 Å². The van der Waals surface area contributed by atoms with Crippen molar-refractivity contribution in [3.05, 3.63) is 53.9 Å². The van der Waals surface area contributed by atoms with Crippen molar-refractivity contribution >= 4 is 38.8 Å². The summed E-state index contributed by atoms with van der Waals surface area (Å²) in [5.74, 6) is 5.46. The van der Waals surface area contributed by atoms with Crippen molar-refractivity contribution in [1.82, 2.24) is 19.8 Å². The lowest BCUT2D eigenvalue weighted by molar-refractivity contribution is -0.127. The minimum atomic E-state index is -0.830. The van der Waals surface area contributed by atoms with Crippen LogP contribution in [0.3, 0.4) is 0 Å². The molecular weight excluding hydrogens is 452 g/mol. The molecule has 0 spiro atoms. The van der Waals surface area contributed by atoms with Crippen molar-refractivity contribution < 1.29 is 18.8 Å². The number of likely N-dealkylation sites (tertiary alicyclic amines) is 1. The van der Waals surface area contributed by atoms with E-state index in [1.807, 2.05) is 12.1 Å². The average molecular weight is 476 g/mol. The lowest BCUT2D eigenvalue weighted by Gasteiger charge is -2.21. The molecule has 172 valence electrons. The molecule has 11 heteroatoms. The van der Waals surface area contributed by atoms with Gasteiger partial charge in [0.05, 0.1) is 25.4 Å². The fraction of sp³-hybridized carbons (Fsp3) is 0.304. The van der Waals surface area contributed by atoms with Gasteiger partial charge in [-0.15, -0.1) is 0 Å². The fourth-order valence-electron chi connectivity index (χ4n) is 4.19. The second kappa shape index (κ2) is 9.16. The smallest absolute Gasteiger partial charge is 0.383 e. The topological polar surface area (TPSA) is 129 Å². The number of benzene rings is 1. The minimum absolute atomic E-state index is 0.158. The number of ether oxygens (including phenoxy) is 1. The number of nitrogens with one attached hydrogen (secondary N) is 1. The average Bonchev–Trinajstić information content (AvgIpc) is 3.52. The lowest BCUT2D eigenvalue weighted by atomic mass is 10.1. The van der Waals surface area contributed by atoms with Gasteiger partial charge in [0.25, 0.3) is 11.1 Å². The molecule has 3 N–H and O–H groups in total. The van der Waals surface area contributed by atoms with Crippen LogP contribution in [-0.2, 0) is 14.7 Å². The number of primary amides is 1. The first-order chi connectivity index (χ1) is 16.3. The summed E-state index contributed by atoms with van der Waals surface area (Å²) in [7, 11) is 7.07. The molecular formula is C23H23N6O4Si+. The van der Waals surface area contributed by atoms with Gasteiger partial charge in [-0.3, -0.25) is 9.59 Å². The quantitative estimate of drug-likeness (QED) is 0.307. The zero-order chi connectivity index (χ0) is 24.5. The molecule has 3 heterocycles. The highest BCUT2D eigenvalue weighted by molar-refractivity contribution is 6.15. The molecule has 2 radical (unpaired) electrons. The number of carbonyl (C=O) groups is 2. The predicted octanol–water partition coefficient (Wildman–Crippen LogP) is 0.819. The van der Waals surface area contributed by atoms with E-state index in [-0.39, 0.29) is 29.8 Å². The zero-order valence-corrected chi connectivity index (χ0v) is 19.8. The van der Waals surface area contributed by atoms with Gasteiger partial charge in [0.15, 0.2) is 11.3 Å². The highest BCUT2D eigenvalue weighted by atomic mass is 28.1. The Kier molecular flexibility index (Phi) is 6.28. The summed E-state index contributed by atoms with van der Waals surface area (Å²) < 4.78 is 12.1. The van der Waals surface area contributed by atoms with Crippen LogP contribution in [-0.4, -0.2) is 75.2 Å². The van der Waals surface area contributed by atoms with E-state index in [1.165, 1.54) is 6.08 Å². The van der Waals surface area contributed by atoms with Crippen LogP contribution in [0.1, 0.15) is 28.0 Å². The molecule has 1 aliphatic rings. The normalized spacial score (nSPS) is 19.6. The molecule has 10 nitrogen and oxygen atoms in total. The van der Waals surface area contributed by atoms with Crippen molar-refractivity contribution in [3.63, 3.8) is 0 Å². The van der Waals surface area contributed by atoms with Gasteiger partial charge in [-0.2, -0.15) is 5.10 Å². The Hall–Kier alpha value is -3.88. The van der Waals surface area contributed by atoms with Crippen molar-refractivity contribution in [3.8, 4) is 11.8 Å². The molecule has 2 aromatic heterocycles. The molecule has 1 aliphatic heterocycles. The zero-order valence-electron chi connectivity index (χ0n) is 18.8. The Morgan fingerprint density at radius 3 is 2.94 bits per heavy atom. The number of nitrogens with two attached hydrogens (primary N) is 1. The molecule has 1 aromatic carbocycles. The standard InChI is InChI=1S/C23H23N6O4Si/c1-4-19(30)28-13-23(34,10-16(28)12-32-3)29-22(25-2)20(21(24)31)17(27-29)8-6-14-5-7-15-11-26-33-18(15)9-14/h4-5,7,9,11,16,25H,1,10,12-13H2,2-3H3,(H2,24,31)/q+1/t16-,23-/m1/s1. The van der Waals surface area contributed by atoms with Crippen LogP contribution in [0.25, 0.3) is 11.0 Å². The molecule has 4 rings (SSSR count). The number of carbonyl (C=O) groups excluding carboxylic acids is 2. The summed E-state index contributed by atoms with van der Waals surface area (Å²) in [6.45, 7) is 4.20. The number of amides is 2. The summed E-state index contributed by atoms with van der Waals surface area (Å²) in [4.78, 5) is 26.5. The highest BCUT2D eigenvalue weighted by Gasteiger charge is 2.56. The van der Waals surface area contributed by atoms with E-state index in [1.54, 1.807) is 36.0 Å². The second-order valence-electron chi connectivity index (χ2n) is 7.94. The first-order valence-electron chi connectivity index (χ1n) is 10.5. The van der Waals surface area contributed by atoms with Gasteiger partial charge in [-0.25, -0.2) is 4.68 Å². The SMILES string of the molecule is C=CC(=O)N1C[C@@]([Si+])(n2nc(C#Cc3ccc4cnoc4c3)c(C(N)=O)c2NC)C[C@@H]1COC. The summed E-state index contributed by atoms with van der Waals surface area (Å²) in [6, 6.07) is 5.20. The number of hydrogen-bond acceptors (Lipinski definition) is 7. The summed E-state index contributed by atoms with van der Waals surface area (Å²) >= 11 is 0. The molecule has 2 atom stereocenters. The molecule has 1 saturated heterocycles. The van der Waals surface area contributed by atoms with E-state index >= 15 is 0 Å². The van der Waals surface area contributed by atoms with E-state index in [2.05, 4.69) is 44.2 Å². The van der Waals surface area contributed by atoms with Gasteiger partial charge >= 0.3 is 10.2 Å². The Balaban J connectivity index is 1.77. The molecule has 0 unspecified atom stereocenters. The Morgan fingerprint density at radius 1 is 1.47 bits per heavy atom. The summed E-state index contributed by atoms with van der Waals surface area (Å²) in [5, 5.41) is 11.4. The number of anilines is 1. The lowest BCUT2D eigenvalue weighted by Crippen LogP contribution is -2.41. The molecule has 2 amide bonds. The van der Waals surface area contributed by atoms with Crippen LogP contribution in [0.2, 0.25) is 0 Å². The summed E-state index contributed by atoms with van der Waals surface area (Å²) in [6.07, 6.45) is 3.35. The van der Waals surface area contributed by atoms with Crippen molar-refractivity contribution in [2.24, 2.45) is 5.73 Å². The van der Waals surface area contributed by atoms with E-state index in [9.17, 15) is 9.59 Å². The second-order valence-corrected chi connectivity index (χ2v) is 8.87. The minimum Gasteiger partial charge on any atom is -0.383 e. The molecule has 0 bridgehead atoms. The van der Waals surface area contributed by atoms with Crippen LogP contribution in [0.4, 0.5) is 5.82 Å². The third-order valence-corrected chi connectivity index (χ3v) is 6.29. The molecule has 0 aliphatic carbocycles. The maximum atomic E-state index is 12.5. The van der Waals surface area contributed by atoms with Gasteiger partial charge in [-0.1, -0.05) is 17.7 Å². The number of rotatable bonds is 6. The summed E-state index contributed by atoms with van der Waals surface area (Å²) in [5.41, 5.74) is 7.35. The largest absolute Gasteiger partial charge is 0.742 e. The fourth-order valence-corrected chi connectivity index (χ4v) is 4.76. The first kappa shape index (κ1) is 23.3.